The number of likely N-dealkylation sites (tertiary alicyclic amines) is 1. The average Bonchev–Trinajstić information content (AvgIpc) is 3.37. The van der Waals surface area contributed by atoms with Crippen LogP contribution in [0.1, 0.15) is 34.7 Å². The molecule has 3 aromatic carbocycles. The number of piperidine rings is 1. The summed E-state index contributed by atoms with van der Waals surface area (Å²) in [4.78, 5) is 32.8. The molecule has 9 heteroatoms. The van der Waals surface area contributed by atoms with Crippen molar-refractivity contribution in [3.05, 3.63) is 99.9 Å². The molecule has 7 nitrogen and oxygen atoms in total. The molecule has 1 saturated heterocycles. The number of nitrogens with zero attached hydrogens (tertiary/aromatic N) is 3. The lowest BCUT2D eigenvalue weighted by Gasteiger charge is -2.31. The van der Waals surface area contributed by atoms with E-state index in [2.05, 4.69) is 20.4 Å². The van der Waals surface area contributed by atoms with Gasteiger partial charge in [-0.15, -0.1) is 0 Å². The van der Waals surface area contributed by atoms with Crippen molar-refractivity contribution in [3.63, 3.8) is 0 Å². The van der Waals surface area contributed by atoms with Gasteiger partial charge in [0.1, 0.15) is 0 Å². The van der Waals surface area contributed by atoms with Crippen molar-refractivity contribution in [1.29, 1.82) is 0 Å². The van der Waals surface area contributed by atoms with Gasteiger partial charge in [0.2, 0.25) is 17.6 Å². The zero-order valence-corrected chi connectivity index (χ0v) is 21.4. The van der Waals surface area contributed by atoms with Gasteiger partial charge in [-0.1, -0.05) is 70.8 Å². The van der Waals surface area contributed by atoms with Gasteiger partial charge in [0, 0.05) is 28.3 Å². The molecule has 1 atom stereocenters. The highest BCUT2D eigenvalue weighted by atomic mass is 35.5. The summed E-state index contributed by atoms with van der Waals surface area (Å²) in [5.74, 6) is 0.359. The first-order valence-corrected chi connectivity index (χ1v) is 12.7. The number of rotatable bonds is 7. The molecule has 2 heterocycles. The van der Waals surface area contributed by atoms with E-state index in [1.165, 1.54) is 0 Å². The predicted molar refractivity (Wildman–Crippen MR) is 143 cm³/mol. The number of anilines is 1. The second kappa shape index (κ2) is 11.3. The highest BCUT2D eigenvalue weighted by Gasteiger charge is 2.28. The fraction of sp³-hybridized carbons (Fsp3) is 0.214. The van der Waals surface area contributed by atoms with Gasteiger partial charge in [0.25, 0.3) is 0 Å². The molecule has 5 rings (SSSR count). The molecule has 0 aliphatic carbocycles. The van der Waals surface area contributed by atoms with E-state index in [-0.39, 0.29) is 17.6 Å². The maximum absolute atomic E-state index is 13.2. The number of amides is 1. The van der Waals surface area contributed by atoms with Crippen LogP contribution in [-0.4, -0.2) is 39.8 Å². The fourth-order valence-electron chi connectivity index (χ4n) is 4.47. The van der Waals surface area contributed by atoms with Crippen molar-refractivity contribution >= 4 is 40.6 Å². The first-order chi connectivity index (χ1) is 18.0. The Balaban J connectivity index is 1.24. The average molecular weight is 535 g/mol. The lowest BCUT2D eigenvalue weighted by molar-refractivity contribution is -0.121. The van der Waals surface area contributed by atoms with Crippen molar-refractivity contribution in [2.45, 2.75) is 19.4 Å². The van der Waals surface area contributed by atoms with Crippen LogP contribution in [0, 0.1) is 5.92 Å². The number of hydrogen-bond donors (Lipinski definition) is 1. The molecule has 0 radical (unpaired) electrons. The molecular formula is C28H24Cl2N4O3. The van der Waals surface area contributed by atoms with Crippen molar-refractivity contribution in [3.8, 4) is 11.4 Å². The molecule has 1 N–H and O–H groups in total. The number of halogens is 2. The third kappa shape index (κ3) is 5.91. The Hall–Kier alpha value is -3.52. The van der Waals surface area contributed by atoms with Crippen molar-refractivity contribution in [1.82, 2.24) is 15.0 Å². The summed E-state index contributed by atoms with van der Waals surface area (Å²) in [6.45, 7) is 1.78. The van der Waals surface area contributed by atoms with E-state index in [0.29, 0.717) is 57.2 Å². The minimum Gasteiger partial charge on any atom is -0.338 e. The Labute approximate surface area is 224 Å². The van der Waals surface area contributed by atoms with Gasteiger partial charge < -0.3 is 9.84 Å². The molecule has 0 saturated carbocycles. The Kier molecular flexibility index (Phi) is 7.65. The zero-order chi connectivity index (χ0) is 25.8. The number of para-hydroxylation sites is 1. The van der Waals surface area contributed by atoms with Crippen LogP contribution in [0.25, 0.3) is 11.4 Å². The van der Waals surface area contributed by atoms with Crippen LogP contribution in [0.2, 0.25) is 10.0 Å². The topological polar surface area (TPSA) is 88.3 Å². The van der Waals surface area contributed by atoms with E-state index in [1.54, 1.807) is 48.5 Å². The molecule has 1 unspecified atom stereocenters. The largest absolute Gasteiger partial charge is 0.338 e. The van der Waals surface area contributed by atoms with Gasteiger partial charge in [-0.25, -0.2) is 0 Å². The molecule has 4 aromatic rings. The Bertz CT molecular complexity index is 1420. The Morgan fingerprint density at radius 2 is 1.81 bits per heavy atom. The molecular weight excluding hydrogens is 511 g/mol. The third-order valence-corrected chi connectivity index (χ3v) is 6.89. The van der Waals surface area contributed by atoms with Crippen LogP contribution in [0.3, 0.4) is 0 Å². The molecule has 0 spiro atoms. The quantitative estimate of drug-likeness (QED) is 0.287. The second-order valence-electron chi connectivity index (χ2n) is 8.94. The molecule has 37 heavy (non-hydrogen) atoms. The van der Waals surface area contributed by atoms with E-state index in [0.717, 1.165) is 19.4 Å². The summed E-state index contributed by atoms with van der Waals surface area (Å²) in [6, 6.07) is 21.2. The first-order valence-electron chi connectivity index (χ1n) is 12.0. The van der Waals surface area contributed by atoms with Crippen LogP contribution in [0.15, 0.2) is 77.3 Å². The Morgan fingerprint density at radius 1 is 1.03 bits per heavy atom. The number of ketones is 1. The standard InChI is InChI=1S/C28H24Cl2N4O3/c29-20-12-13-21(23(30)15-20)27-32-25(37-33-27)17-34-14-6-9-19(16-34)28(36)31-24-11-5-4-10-22(24)26(35)18-7-2-1-3-8-18/h1-5,7-8,10-13,15,19H,6,9,14,16-17H2,(H,31,36). The third-order valence-electron chi connectivity index (χ3n) is 6.34. The highest BCUT2D eigenvalue weighted by molar-refractivity contribution is 6.36. The van der Waals surface area contributed by atoms with Gasteiger partial charge in [-0.05, 0) is 49.7 Å². The van der Waals surface area contributed by atoms with Gasteiger partial charge in [-0.2, -0.15) is 4.98 Å². The number of aromatic nitrogens is 2. The summed E-state index contributed by atoms with van der Waals surface area (Å²) < 4.78 is 5.45. The first kappa shape index (κ1) is 25.1. The number of nitrogens with one attached hydrogen (secondary N) is 1. The number of hydrogen-bond acceptors (Lipinski definition) is 6. The van der Waals surface area contributed by atoms with E-state index >= 15 is 0 Å². The SMILES string of the molecule is O=C(c1ccccc1)c1ccccc1NC(=O)C1CCCN(Cc2nc(-c3ccc(Cl)cc3Cl)no2)C1. The number of carbonyl (C=O) groups is 2. The molecule has 1 fully saturated rings. The zero-order valence-electron chi connectivity index (χ0n) is 19.9. The Morgan fingerprint density at radius 3 is 2.62 bits per heavy atom. The van der Waals surface area contributed by atoms with Crippen molar-refractivity contribution in [2.75, 3.05) is 18.4 Å². The number of carbonyl (C=O) groups excluding carboxylic acids is 2. The molecule has 188 valence electrons. The summed E-state index contributed by atoms with van der Waals surface area (Å²) in [5.41, 5.74) is 2.20. The normalized spacial score (nSPS) is 15.9. The summed E-state index contributed by atoms with van der Waals surface area (Å²) >= 11 is 12.2. The second-order valence-corrected chi connectivity index (χ2v) is 9.78. The van der Waals surface area contributed by atoms with Crippen LogP contribution < -0.4 is 5.32 Å². The molecule has 0 bridgehead atoms. The lowest BCUT2D eigenvalue weighted by atomic mass is 9.96. The smallest absolute Gasteiger partial charge is 0.241 e. The van der Waals surface area contributed by atoms with E-state index in [4.69, 9.17) is 27.7 Å². The van der Waals surface area contributed by atoms with Gasteiger partial charge >= 0.3 is 0 Å². The maximum atomic E-state index is 13.2. The maximum Gasteiger partial charge on any atom is 0.241 e. The van der Waals surface area contributed by atoms with E-state index < -0.39 is 0 Å². The monoisotopic (exact) mass is 534 g/mol. The van der Waals surface area contributed by atoms with Gasteiger partial charge in [0.05, 0.1) is 23.2 Å². The summed E-state index contributed by atoms with van der Waals surface area (Å²) in [7, 11) is 0. The number of benzene rings is 3. The fourth-order valence-corrected chi connectivity index (χ4v) is 4.97. The van der Waals surface area contributed by atoms with Gasteiger partial charge in [0.15, 0.2) is 5.78 Å². The minimum atomic E-state index is -0.235. The van der Waals surface area contributed by atoms with E-state index in [1.807, 2.05) is 24.3 Å². The van der Waals surface area contributed by atoms with Crippen molar-refractivity contribution < 1.29 is 14.1 Å². The van der Waals surface area contributed by atoms with Crippen LogP contribution in [0.5, 0.6) is 0 Å². The molecule has 1 aliphatic heterocycles. The van der Waals surface area contributed by atoms with Crippen LogP contribution in [-0.2, 0) is 11.3 Å². The van der Waals surface area contributed by atoms with Crippen LogP contribution >= 0.6 is 23.2 Å². The summed E-state index contributed by atoms with van der Waals surface area (Å²) in [6.07, 6.45) is 1.61. The minimum absolute atomic E-state index is 0.114. The lowest BCUT2D eigenvalue weighted by Crippen LogP contribution is -2.40. The predicted octanol–water partition coefficient (Wildman–Crippen LogP) is 6.13. The van der Waals surface area contributed by atoms with Crippen molar-refractivity contribution in [2.24, 2.45) is 5.92 Å². The van der Waals surface area contributed by atoms with Gasteiger partial charge in [-0.3, -0.25) is 14.5 Å². The van der Waals surface area contributed by atoms with E-state index in [9.17, 15) is 9.59 Å². The molecule has 1 amide bonds. The van der Waals surface area contributed by atoms with Crippen LogP contribution in [0.4, 0.5) is 5.69 Å². The highest BCUT2D eigenvalue weighted by Crippen LogP contribution is 2.29. The molecule has 1 aliphatic rings. The summed E-state index contributed by atoms with van der Waals surface area (Å²) in [5, 5.41) is 8.02. The molecule has 1 aromatic heterocycles.